The van der Waals surface area contributed by atoms with E-state index >= 15 is 0 Å². The third kappa shape index (κ3) is 4.96. The number of amides is 1. The smallest absolute Gasteiger partial charge is 0.254 e. The normalized spacial score (nSPS) is 22.3. The van der Waals surface area contributed by atoms with Crippen molar-refractivity contribution in [3.8, 4) is 12.3 Å². The van der Waals surface area contributed by atoms with E-state index in [-0.39, 0.29) is 23.6 Å². The molecule has 3 atom stereocenters. The van der Waals surface area contributed by atoms with Gasteiger partial charge in [0.1, 0.15) is 11.9 Å². The molecule has 0 radical (unpaired) electrons. The van der Waals surface area contributed by atoms with Crippen LogP contribution in [-0.2, 0) is 0 Å². The lowest BCUT2D eigenvalue weighted by atomic mass is 9.87. The van der Waals surface area contributed by atoms with Gasteiger partial charge < -0.3 is 14.9 Å². The van der Waals surface area contributed by atoms with E-state index in [1.165, 1.54) is 17.7 Å². The summed E-state index contributed by atoms with van der Waals surface area (Å²) in [4.78, 5) is 17.8. The van der Waals surface area contributed by atoms with Crippen molar-refractivity contribution >= 4 is 16.7 Å². The Kier molecular flexibility index (Phi) is 6.86. The molecule has 0 aliphatic carbocycles. The number of aliphatic hydroxyl groups is 1. The molecule has 2 heterocycles. The first-order valence-electron chi connectivity index (χ1n) is 12.4. The predicted octanol–water partition coefficient (Wildman–Crippen LogP) is 4.54. The zero-order chi connectivity index (χ0) is 24.4. The Bertz CT molecular complexity index is 1220. The van der Waals surface area contributed by atoms with Crippen LogP contribution >= 0.6 is 0 Å². The first-order valence-corrected chi connectivity index (χ1v) is 12.4. The Hall–Kier alpha value is -3.20. The van der Waals surface area contributed by atoms with Crippen LogP contribution in [0.2, 0.25) is 0 Å². The van der Waals surface area contributed by atoms with Crippen molar-refractivity contribution in [1.82, 2.24) is 9.80 Å². The number of carbonyl (C=O) groups excluding carboxylic acids is 1. The summed E-state index contributed by atoms with van der Waals surface area (Å²) < 4.78 is 13.3. The standard InChI is InChI=1S/C30H31FN2O2/c1-2-29(34)28-20-33(30(35)27-9-5-7-23-6-3-4-8-26(23)27)19-24(28)18-32-16-14-22(15-17-32)21-10-12-25(31)13-11-21/h1,3-13,22,24,28-29,34H,14-20H2. The molecule has 0 bridgehead atoms. The van der Waals surface area contributed by atoms with E-state index < -0.39 is 6.10 Å². The Morgan fingerprint density at radius 2 is 1.74 bits per heavy atom. The van der Waals surface area contributed by atoms with Gasteiger partial charge in [-0.15, -0.1) is 6.42 Å². The molecule has 3 unspecified atom stereocenters. The quantitative estimate of drug-likeness (QED) is 0.557. The summed E-state index contributed by atoms with van der Waals surface area (Å²) in [6.07, 6.45) is 6.76. The van der Waals surface area contributed by atoms with Gasteiger partial charge in [0.15, 0.2) is 0 Å². The first-order chi connectivity index (χ1) is 17.0. The number of carbonyl (C=O) groups is 1. The number of terminal acetylenes is 1. The van der Waals surface area contributed by atoms with Crippen molar-refractivity contribution < 1.29 is 14.3 Å². The van der Waals surface area contributed by atoms with E-state index in [4.69, 9.17) is 6.42 Å². The minimum Gasteiger partial charge on any atom is -0.380 e. The summed E-state index contributed by atoms with van der Waals surface area (Å²) in [6, 6.07) is 20.6. The lowest BCUT2D eigenvalue weighted by Crippen LogP contribution is -2.40. The van der Waals surface area contributed by atoms with E-state index in [1.54, 1.807) is 0 Å². The summed E-state index contributed by atoms with van der Waals surface area (Å²) in [6.45, 7) is 3.73. The molecule has 4 nitrogen and oxygen atoms in total. The second-order valence-corrected chi connectivity index (χ2v) is 9.90. The predicted molar refractivity (Wildman–Crippen MR) is 136 cm³/mol. The zero-order valence-electron chi connectivity index (χ0n) is 19.8. The number of fused-ring (bicyclic) bond motifs is 1. The number of hydrogen-bond acceptors (Lipinski definition) is 3. The van der Waals surface area contributed by atoms with Gasteiger partial charge >= 0.3 is 0 Å². The van der Waals surface area contributed by atoms with Crippen LogP contribution in [0.25, 0.3) is 10.8 Å². The van der Waals surface area contributed by atoms with Crippen LogP contribution in [0.1, 0.15) is 34.7 Å². The van der Waals surface area contributed by atoms with Crippen molar-refractivity contribution in [3.63, 3.8) is 0 Å². The topological polar surface area (TPSA) is 43.8 Å². The van der Waals surface area contributed by atoms with Gasteiger partial charge in [-0.25, -0.2) is 4.39 Å². The van der Waals surface area contributed by atoms with Crippen molar-refractivity contribution in [3.05, 3.63) is 83.7 Å². The van der Waals surface area contributed by atoms with Crippen LogP contribution in [-0.4, -0.2) is 59.6 Å². The lowest BCUT2D eigenvalue weighted by molar-refractivity contribution is 0.0775. The molecular weight excluding hydrogens is 439 g/mol. The fraction of sp³-hybridized carbons (Fsp3) is 0.367. The monoisotopic (exact) mass is 470 g/mol. The molecule has 1 N–H and O–H groups in total. The van der Waals surface area contributed by atoms with Crippen LogP contribution in [0.4, 0.5) is 4.39 Å². The number of piperidine rings is 1. The molecule has 35 heavy (non-hydrogen) atoms. The molecule has 5 rings (SSSR count). The Labute approximate surface area is 206 Å². The summed E-state index contributed by atoms with van der Waals surface area (Å²) in [5.74, 6) is 2.70. The molecular formula is C30H31FN2O2. The van der Waals surface area contributed by atoms with Gasteiger partial charge in [0, 0.05) is 31.1 Å². The van der Waals surface area contributed by atoms with Gasteiger partial charge in [-0.2, -0.15) is 0 Å². The summed E-state index contributed by atoms with van der Waals surface area (Å²) in [7, 11) is 0. The number of halogens is 1. The van der Waals surface area contributed by atoms with Gasteiger partial charge in [-0.1, -0.05) is 54.5 Å². The largest absolute Gasteiger partial charge is 0.380 e. The van der Waals surface area contributed by atoms with E-state index in [0.717, 1.165) is 43.2 Å². The van der Waals surface area contributed by atoms with Crippen LogP contribution in [0.5, 0.6) is 0 Å². The number of rotatable bonds is 5. The van der Waals surface area contributed by atoms with Crippen molar-refractivity contribution in [2.75, 3.05) is 32.7 Å². The highest BCUT2D eigenvalue weighted by Gasteiger charge is 2.40. The molecule has 5 heteroatoms. The molecule has 1 amide bonds. The molecule has 3 aromatic carbocycles. The van der Waals surface area contributed by atoms with Gasteiger partial charge in [0.25, 0.3) is 5.91 Å². The van der Waals surface area contributed by atoms with E-state index in [0.29, 0.717) is 24.6 Å². The fourth-order valence-electron chi connectivity index (χ4n) is 5.83. The van der Waals surface area contributed by atoms with Gasteiger partial charge in [-0.05, 0) is 72.3 Å². The highest BCUT2D eigenvalue weighted by atomic mass is 19.1. The SMILES string of the molecule is C#CC(O)C1CN(C(=O)c2cccc3ccccc23)CC1CN1CCC(c2ccc(F)cc2)CC1. The Morgan fingerprint density at radius 1 is 1.03 bits per heavy atom. The summed E-state index contributed by atoms with van der Waals surface area (Å²) in [5.41, 5.74) is 1.89. The van der Waals surface area contributed by atoms with Crippen molar-refractivity contribution in [2.45, 2.75) is 24.9 Å². The number of likely N-dealkylation sites (tertiary alicyclic amines) is 2. The molecule has 2 fully saturated rings. The van der Waals surface area contributed by atoms with Crippen LogP contribution in [0, 0.1) is 30.0 Å². The van der Waals surface area contributed by atoms with Crippen molar-refractivity contribution in [2.24, 2.45) is 11.8 Å². The second kappa shape index (κ2) is 10.2. The van der Waals surface area contributed by atoms with Gasteiger partial charge in [-0.3, -0.25) is 4.79 Å². The summed E-state index contributed by atoms with van der Waals surface area (Å²) in [5, 5.41) is 12.6. The molecule has 2 aliphatic heterocycles. The highest BCUT2D eigenvalue weighted by molar-refractivity contribution is 6.07. The van der Waals surface area contributed by atoms with Crippen LogP contribution in [0.3, 0.4) is 0 Å². The number of aliphatic hydroxyl groups excluding tert-OH is 1. The lowest BCUT2D eigenvalue weighted by Gasteiger charge is -2.35. The van der Waals surface area contributed by atoms with Crippen molar-refractivity contribution in [1.29, 1.82) is 0 Å². The Morgan fingerprint density at radius 3 is 2.49 bits per heavy atom. The number of hydrogen-bond donors (Lipinski definition) is 1. The number of nitrogens with zero attached hydrogens (tertiary/aromatic N) is 2. The van der Waals surface area contributed by atoms with E-state index in [2.05, 4.69) is 10.8 Å². The minimum absolute atomic E-state index is 0.00598. The average molecular weight is 471 g/mol. The molecule has 0 saturated carbocycles. The number of benzene rings is 3. The first kappa shape index (κ1) is 23.5. The van der Waals surface area contributed by atoms with Crippen LogP contribution < -0.4 is 0 Å². The average Bonchev–Trinajstić information content (AvgIpc) is 3.32. The highest BCUT2D eigenvalue weighted by Crippen LogP contribution is 2.33. The van der Waals surface area contributed by atoms with Gasteiger partial charge in [0.05, 0.1) is 0 Å². The summed E-state index contributed by atoms with van der Waals surface area (Å²) >= 11 is 0. The third-order valence-electron chi connectivity index (χ3n) is 7.80. The Balaban J connectivity index is 1.27. The molecule has 0 aromatic heterocycles. The fourth-order valence-corrected chi connectivity index (χ4v) is 5.83. The van der Waals surface area contributed by atoms with Crippen LogP contribution in [0.15, 0.2) is 66.7 Å². The maximum Gasteiger partial charge on any atom is 0.254 e. The molecule has 2 aliphatic rings. The zero-order valence-corrected chi connectivity index (χ0v) is 19.8. The van der Waals surface area contributed by atoms with E-state index in [1.807, 2.05) is 59.5 Å². The maximum atomic E-state index is 13.5. The third-order valence-corrected chi connectivity index (χ3v) is 7.80. The minimum atomic E-state index is -0.873. The maximum absolute atomic E-state index is 13.5. The van der Waals surface area contributed by atoms with E-state index in [9.17, 15) is 14.3 Å². The molecule has 3 aromatic rings. The molecule has 180 valence electrons. The second-order valence-electron chi connectivity index (χ2n) is 9.90. The molecule has 2 saturated heterocycles. The van der Waals surface area contributed by atoms with Gasteiger partial charge in [0.2, 0.25) is 0 Å². The molecule has 0 spiro atoms.